The Hall–Kier alpha value is -1.69. The van der Waals surface area contributed by atoms with E-state index in [2.05, 4.69) is 0 Å². The van der Waals surface area contributed by atoms with E-state index in [1.807, 2.05) is 13.8 Å². The van der Waals surface area contributed by atoms with Crippen molar-refractivity contribution in [3.63, 3.8) is 0 Å². The Morgan fingerprint density at radius 2 is 1.82 bits per heavy atom. The number of nitro benzene ring substituents is 2. The van der Waals surface area contributed by atoms with Gasteiger partial charge in [0.25, 0.3) is 11.4 Å². The summed E-state index contributed by atoms with van der Waals surface area (Å²) in [6.45, 7) is 3.81. The smallest absolute Gasteiger partial charge is 0.258 e. The molecular formula is C10H11ClN2O4. The standard InChI is InChI=1S/C10H11ClN2O4/c1-6(2)3-7-4-8(12(14)15)5-9(10(7)11)13(16)17/h4-6H,3H2,1-2H3. The van der Waals surface area contributed by atoms with E-state index in [-0.39, 0.29) is 16.6 Å². The third-order valence-corrected chi connectivity index (χ3v) is 2.59. The van der Waals surface area contributed by atoms with Gasteiger partial charge >= 0.3 is 0 Å². The zero-order valence-corrected chi connectivity index (χ0v) is 10.1. The maximum absolute atomic E-state index is 10.7. The molecule has 6 nitrogen and oxygen atoms in total. The van der Waals surface area contributed by atoms with Crippen molar-refractivity contribution in [1.29, 1.82) is 0 Å². The summed E-state index contributed by atoms with van der Waals surface area (Å²) < 4.78 is 0. The molecule has 0 radical (unpaired) electrons. The summed E-state index contributed by atoms with van der Waals surface area (Å²) in [6, 6.07) is 2.17. The third-order valence-electron chi connectivity index (χ3n) is 2.15. The number of nitrogens with zero attached hydrogens (tertiary/aromatic N) is 2. The summed E-state index contributed by atoms with van der Waals surface area (Å²) in [6.07, 6.45) is 0.460. The van der Waals surface area contributed by atoms with Crippen molar-refractivity contribution in [3.05, 3.63) is 42.9 Å². The molecule has 0 aliphatic rings. The zero-order valence-electron chi connectivity index (χ0n) is 9.34. The van der Waals surface area contributed by atoms with E-state index in [4.69, 9.17) is 11.6 Å². The van der Waals surface area contributed by atoms with Crippen molar-refractivity contribution >= 4 is 23.0 Å². The number of hydrogen-bond donors (Lipinski definition) is 0. The molecule has 1 aromatic rings. The fourth-order valence-corrected chi connectivity index (χ4v) is 1.73. The first kappa shape index (κ1) is 13.4. The van der Waals surface area contributed by atoms with Crippen LogP contribution in [0, 0.1) is 26.1 Å². The summed E-state index contributed by atoms with van der Waals surface area (Å²) >= 11 is 5.86. The van der Waals surface area contributed by atoms with Gasteiger partial charge in [-0.15, -0.1) is 0 Å². The van der Waals surface area contributed by atoms with E-state index in [9.17, 15) is 20.2 Å². The first-order valence-electron chi connectivity index (χ1n) is 4.94. The highest BCUT2D eigenvalue weighted by atomic mass is 35.5. The van der Waals surface area contributed by atoms with Crippen molar-refractivity contribution in [2.45, 2.75) is 20.3 Å². The first-order valence-corrected chi connectivity index (χ1v) is 5.32. The highest BCUT2D eigenvalue weighted by Crippen LogP contribution is 2.33. The molecule has 0 aromatic heterocycles. The largest absolute Gasteiger partial charge is 0.295 e. The number of non-ortho nitro benzene ring substituents is 1. The fourth-order valence-electron chi connectivity index (χ4n) is 1.48. The molecule has 0 saturated carbocycles. The minimum absolute atomic E-state index is 0.0192. The van der Waals surface area contributed by atoms with Crippen molar-refractivity contribution in [2.24, 2.45) is 5.92 Å². The molecule has 1 aromatic carbocycles. The molecule has 0 aliphatic carbocycles. The molecule has 0 atom stereocenters. The van der Waals surface area contributed by atoms with Crippen LogP contribution >= 0.6 is 11.6 Å². The predicted molar refractivity (Wildman–Crippen MR) is 63.3 cm³/mol. The van der Waals surface area contributed by atoms with E-state index in [0.29, 0.717) is 12.0 Å². The van der Waals surface area contributed by atoms with Gasteiger partial charge in [0.2, 0.25) is 0 Å². The number of hydrogen-bond acceptors (Lipinski definition) is 4. The van der Waals surface area contributed by atoms with Gasteiger partial charge in [-0.1, -0.05) is 25.4 Å². The zero-order chi connectivity index (χ0) is 13.2. The number of halogens is 1. The highest BCUT2D eigenvalue weighted by Gasteiger charge is 2.22. The van der Waals surface area contributed by atoms with Crippen LogP contribution in [0.2, 0.25) is 5.02 Å². The molecule has 0 unspecified atom stereocenters. The second kappa shape index (κ2) is 5.09. The lowest BCUT2D eigenvalue weighted by molar-refractivity contribution is -0.394. The minimum Gasteiger partial charge on any atom is -0.258 e. The van der Waals surface area contributed by atoms with E-state index >= 15 is 0 Å². The maximum atomic E-state index is 10.7. The van der Waals surface area contributed by atoms with Crippen molar-refractivity contribution in [3.8, 4) is 0 Å². The lowest BCUT2D eigenvalue weighted by atomic mass is 10.0. The molecule has 0 N–H and O–H groups in total. The Kier molecular flexibility index (Phi) is 4.01. The van der Waals surface area contributed by atoms with Gasteiger partial charge in [-0.25, -0.2) is 0 Å². The van der Waals surface area contributed by atoms with Crippen LogP contribution in [0.4, 0.5) is 11.4 Å². The molecule has 92 valence electrons. The quantitative estimate of drug-likeness (QED) is 0.612. The minimum atomic E-state index is -0.709. The van der Waals surface area contributed by atoms with Crippen LogP contribution in [-0.2, 0) is 6.42 Å². The summed E-state index contributed by atoms with van der Waals surface area (Å²) in [4.78, 5) is 20.0. The van der Waals surface area contributed by atoms with Gasteiger partial charge < -0.3 is 0 Å². The van der Waals surface area contributed by atoms with Crippen molar-refractivity contribution in [1.82, 2.24) is 0 Å². The average Bonchev–Trinajstić information content (AvgIpc) is 2.19. The van der Waals surface area contributed by atoms with Gasteiger partial charge in [0, 0.05) is 6.07 Å². The van der Waals surface area contributed by atoms with Crippen LogP contribution in [0.25, 0.3) is 0 Å². The average molecular weight is 259 g/mol. The normalized spacial score (nSPS) is 10.6. The van der Waals surface area contributed by atoms with E-state index in [1.54, 1.807) is 0 Å². The molecule has 0 bridgehead atoms. The molecule has 1 rings (SSSR count). The van der Waals surface area contributed by atoms with E-state index in [0.717, 1.165) is 6.07 Å². The number of nitro groups is 2. The SMILES string of the molecule is CC(C)Cc1cc([N+](=O)[O-])cc([N+](=O)[O-])c1Cl. The van der Waals surface area contributed by atoms with E-state index < -0.39 is 15.5 Å². The van der Waals surface area contributed by atoms with Gasteiger partial charge in [0.15, 0.2) is 0 Å². The third kappa shape index (κ3) is 3.13. The fraction of sp³-hybridized carbons (Fsp3) is 0.400. The first-order chi connectivity index (χ1) is 7.82. The summed E-state index contributed by atoms with van der Waals surface area (Å²) in [5, 5.41) is 21.4. The topological polar surface area (TPSA) is 86.3 Å². The Morgan fingerprint density at radius 3 is 2.24 bits per heavy atom. The Bertz CT molecular complexity index is 474. The molecular weight excluding hydrogens is 248 g/mol. The van der Waals surface area contributed by atoms with E-state index in [1.165, 1.54) is 6.07 Å². The van der Waals surface area contributed by atoms with Crippen LogP contribution in [0.1, 0.15) is 19.4 Å². The van der Waals surface area contributed by atoms with Crippen molar-refractivity contribution < 1.29 is 9.85 Å². The monoisotopic (exact) mass is 258 g/mol. The van der Waals surface area contributed by atoms with Crippen LogP contribution < -0.4 is 0 Å². The Balaban J connectivity index is 3.37. The number of rotatable bonds is 4. The Morgan fingerprint density at radius 1 is 1.24 bits per heavy atom. The summed E-state index contributed by atoms with van der Waals surface area (Å²) in [5.41, 5.74) is -0.296. The second-order valence-electron chi connectivity index (χ2n) is 4.05. The van der Waals surface area contributed by atoms with Gasteiger partial charge in [-0.3, -0.25) is 20.2 Å². The molecule has 0 amide bonds. The lowest BCUT2D eigenvalue weighted by Crippen LogP contribution is -2.00. The molecule has 0 fully saturated rings. The molecule has 17 heavy (non-hydrogen) atoms. The van der Waals surface area contributed by atoms with Crippen LogP contribution in [0.15, 0.2) is 12.1 Å². The molecule has 0 heterocycles. The molecule has 7 heteroatoms. The van der Waals surface area contributed by atoms with Crippen LogP contribution in [0.3, 0.4) is 0 Å². The van der Waals surface area contributed by atoms with Gasteiger partial charge in [-0.2, -0.15) is 0 Å². The lowest BCUT2D eigenvalue weighted by Gasteiger charge is -2.07. The maximum Gasteiger partial charge on any atom is 0.295 e. The Labute approximate surface area is 103 Å². The van der Waals surface area contributed by atoms with Crippen molar-refractivity contribution in [2.75, 3.05) is 0 Å². The summed E-state index contributed by atoms with van der Waals surface area (Å²) in [7, 11) is 0. The molecule has 0 spiro atoms. The second-order valence-corrected chi connectivity index (χ2v) is 4.43. The predicted octanol–water partition coefficient (Wildman–Crippen LogP) is 3.35. The molecule has 0 saturated heterocycles. The summed E-state index contributed by atoms with van der Waals surface area (Å²) in [5.74, 6) is 0.203. The molecule has 0 aliphatic heterocycles. The van der Waals surface area contributed by atoms with Crippen LogP contribution in [-0.4, -0.2) is 9.85 Å². The van der Waals surface area contributed by atoms with Gasteiger partial charge in [-0.05, 0) is 17.9 Å². The van der Waals surface area contributed by atoms with Crippen LogP contribution in [0.5, 0.6) is 0 Å². The highest BCUT2D eigenvalue weighted by molar-refractivity contribution is 6.33. The van der Waals surface area contributed by atoms with Gasteiger partial charge in [0.1, 0.15) is 5.02 Å². The van der Waals surface area contributed by atoms with Gasteiger partial charge in [0.05, 0.1) is 15.9 Å². The number of benzene rings is 1.